The Morgan fingerprint density at radius 3 is 2.03 bits per heavy atom. The molecule has 0 aromatic heterocycles. The second-order valence-corrected chi connectivity index (χ2v) is 10.0. The molecule has 3 rings (SSSR count). The van der Waals surface area contributed by atoms with Gasteiger partial charge in [0.2, 0.25) is 0 Å². The van der Waals surface area contributed by atoms with Gasteiger partial charge in [-0.15, -0.1) is 0 Å². The Balaban J connectivity index is 1.94. The molecule has 0 spiro atoms. The molecular weight excluding hydrogens is 372 g/mol. The first-order chi connectivity index (χ1) is 14.1. The van der Waals surface area contributed by atoms with Crippen LogP contribution in [-0.2, 0) is 20.3 Å². The topological polar surface area (TPSA) is 35.5 Å². The van der Waals surface area contributed by atoms with Crippen molar-refractivity contribution in [3.63, 3.8) is 0 Å². The molecule has 2 aromatic carbocycles. The van der Waals surface area contributed by atoms with E-state index in [0.29, 0.717) is 6.42 Å². The Morgan fingerprint density at radius 2 is 1.47 bits per heavy atom. The van der Waals surface area contributed by atoms with Crippen molar-refractivity contribution in [3.8, 4) is 0 Å². The van der Waals surface area contributed by atoms with E-state index in [-0.39, 0.29) is 22.5 Å². The third-order valence-corrected chi connectivity index (χ3v) is 6.88. The van der Waals surface area contributed by atoms with E-state index in [1.165, 1.54) is 23.1 Å². The van der Waals surface area contributed by atoms with E-state index >= 15 is 0 Å². The predicted molar refractivity (Wildman–Crippen MR) is 122 cm³/mol. The van der Waals surface area contributed by atoms with E-state index < -0.39 is 6.29 Å². The summed E-state index contributed by atoms with van der Waals surface area (Å²) in [7, 11) is 3.26. The Labute approximate surface area is 181 Å². The zero-order chi connectivity index (χ0) is 22.1. The monoisotopic (exact) mass is 408 g/mol. The lowest BCUT2D eigenvalue weighted by Gasteiger charge is -2.42. The van der Waals surface area contributed by atoms with Crippen LogP contribution >= 0.6 is 0 Å². The van der Waals surface area contributed by atoms with Crippen LogP contribution in [0.2, 0.25) is 0 Å². The number of benzene rings is 2. The van der Waals surface area contributed by atoms with Crippen molar-refractivity contribution in [2.45, 2.75) is 76.9 Å². The number of aryl methyl sites for hydroxylation is 1. The Morgan fingerprint density at radius 1 is 0.900 bits per heavy atom. The van der Waals surface area contributed by atoms with Gasteiger partial charge in [-0.2, -0.15) is 0 Å². The molecule has 0 amide bonds. The fourth-order valence-corrected chi connectivity index (χ4v) is 4.69. The van der Waals surface area contributed by atoms with Crippen LogP contribution in [0.1, 0.15) is 85.5 Å². The van der Waals surface area contributed by atoms with Crippen molar-refractivity contribution in [1.82, 2.24) is 0 Å². The second-order valence-electron chi connectivity index (χ2n) is 10.0. The van der Waals surface area contributed by atoms with E-state index in [0.717, 1.165) is 17.5 Å². The molecule has 3 nitrogen and oxygen atoms in total. The van der Waals surface area contributed by atoms with Crippen molar-refractivity contribution >= 4 is 5.78 Å². The van der Waals surface area contributed by atoms with E-state index in [4.69, 9.17) is 9.47 Å². The Kier molecular flexibility index (Phi) is 6.54. The van der Waals surface area contributed by atoms with E-state index in [1.54, 1.807) is 14.2 Å². The maximum atomic E-state index is 13.4. The summed E-state index contributed by atoms with van der Waals surface area (Å²) in [6.07, 6.45) is 2.17. The molecule has 1 aliphatic carbocycles. The minimum Gasteiger partial charge on any atom is -0.355 e. The van der Waals surface area contributed by atoms with Crippen LogP contribution in [0.15, 0.2) is 42.5 Å². The summed E-state index contributed by atoms with van der Waals surface area (Å²) in [5.74, 6) is -0.0322. The summed E-state index contributed by atoms with van der Waals surface area (Å²) < 4.78 is 11.1. The molecule has 0 saturated carbocycles. The highest BCUT2D eigenvalue weighted by molar-refractivity contribution is 5.97. The van der Waals surface area contributed by atoms with Crippen molar-refractivity contribution < 1.29 is 14.3 Å². The zero-order valence-corrected chi connectivity index (χ0v) is 19.5. The molecule has 0 saturated heterocycles. The molecule has 1 unspecified atom stereocenters. The van der Waals surface area contributed by atoms with E-state index in [9.17, 15) is 4.79 Å². The molecule has 0 heterocycles. The molecule has 3 heteroatoms. The van der Waals surface area contributed by atoms with Gasteiger partial charge in [-0.1, -0.05) is 69.7 Å². The lowest BCUT2D eigenvalue weighted by molar-refractivity contribution is -0.117. The largest absolute Gasteiger partial charge is 0.355 e. The van der Waals surface area contributed by atoms with E-state index in [1.807, 2.05) is 6.07 Å². The third-order valence-electron chi connectivity index (χ3n) is 6.88. The van der Waals surface area contributed by atoms with Gasteiger partial charge in [0, 0.05) is 32.1 Å². The number of methoxy groups -OCH3 is 2. The van der Waals surface area contributed by atoms with Gasteiger partial charge in [0.1, 0.15) is 0 Å². The standard InChI is InChI=1S/C27H36O3/c1-18-8-10-19(11-9-18)21(25(29-6)30-7)17-24(28)20-12-13-22-23(16-20)27(4,5)15-14-26(22,2)3/h8-13,16,21,25H,14-15,17H2,1-7H3. The van der Waals surface area contributed by atoms with Gasteiger partial charge in [-0.3, -0.25) is 4.79 Å². The van der Waals surface area contributed by atoms with Crippen LogP contribution in [0.5, 0.6) is 0 Å². The summed E-state index contributed by atoms with van der Waals surface area (Å²) in [5, 5.41) is 0. The van der Waals surface area contributed by atoms with Gasteiger partial charge >= 0.3 is 0 Å². The number of hydrogen-bond acceptors (Lipinski definition) is 3. The number of rotatable bonds is 7. The molecule has 162 valence electrons. The summed E-state index contributed by atoms with van der Waals surface area (Å²) in [4.78, 5) is 13.4. The Bertz CT molecular complexity index is 889. The highest BCUT2D eigenvalue weighted by Crippen LogP contribution is 2.46. The third kappa shape index (κ3) is 4.53. The van der Waals surface area contributed by atoms with Crippen molar-refractivity contribution in [2.75, 3.05) is 14.2 Å². The van der Waals surface area contributed by atoms with Crippen LogP contribution in [0.4, 0.5) is 0 Å². The highest BCUT2D eigenvalue weighted by Gasteiger charge is 2.37. The van der Waals surface area contributed by atoms with Crippen molar-refractivity contribution in [2.24, 2.45) is 0 Å². The van der Waals surface area contributed by atoms with E-state index in [2.05, 4.69) is 71.0 Å². The van der Waals surface area contributed by atoms with Crippen LogP contribution in [0, 0.1) is 6.92 Å². The lowest BCUT2D eigenvalue weighted by atomic mass is 9.63. The summed E-state index contributed by atoms with van der Waals surface area (Å²) in [6.45, 7) is 11.2. The van der Waals surface area contributed by atoms with Gasteiger partial charge < -0.3 is 9.47 Å². The molecule has 2 aromatic rings. The number of ketones is 1. The summed E-state index contributed by atoms with van der Waals surface area (Å²) in [6, 6.07) is 14.6. The fraction of sp³-hybridized carbons (Fsp3) is 0.519. The van der Waals surface area contributed by atoms with Gasteiger partial charge in [-0.05, 0) is 53.4 Å². The molecule has 0 radical (unpaired) electrons. The number of carbonyl (C=O) groups is 1. The van der Waals surface area contributed by atoms with Crippen LogP contribution in [0.3, 0.4) is 0 Å². The maximum Gasteiger partial charge on any atom is 0.164 e. The van der Waals surface area contributed by atoms with Gasteiger partial charge in [0.15, 0.2) is 12.1 Å². The molecule has 0 fully saturated rings. The van der Waals surface area contributed by atoms with Crippen molar-refractivity contribution in [3.05, 3.63) is 70.3 Å². The highest BCUT2D eigenvalue weighted by atomic mass is 16.7. The lowest BCUT2D eigenvalue weighted by Crippen LogP contribution is -2.34. The number of carbonyl (C=O) groups excluding carboxylic acids is 1. The van der Waals surface area contributed by atoms with Gasteiger partial charge in [0.05, 0.1) is 0 Å². The fourth-order valence-electron chi connectivity index (χ4n) is 4.69. The quantitative estimate of drug-likeness (QED) is 0.397. The first-order valence-electron chi connectivity index (χ1n) is 10.9. The number of fused-ring (bicyclic) bond motifs is 1. The molecule has 0 bridgehead atoms. The minimum absolute atomic E-state index is 0.0824. The molecule has 0 N–H and O–H groups in total. The minimum atomic E-state index is -0.468. The predicted octanol–water partition coefficient (Wildman–Crippen LogP) is 6.32. The molecular formula is C27H36O3. The summed E-state index contributed by atoms with van der Waals surface area (Å²) >= 11 is 0. The smallest absolute Gasteiger partial charge is 0.164 e. The number of Topliss-reactive ketones (excluding diaryl/α,β-unsaturated/α-hetero) is 1. The summed E-state index contributed by atoms with van der Waals surface area (Å²) in [5.41, 5.74) is 5.94. The average molecular weight is 409 g/mol. The Hall–Kier alpha value is -1.97. The van der Waals surface area contributed by atoms with Crippen LogP contribution in [-0.4, -0.2) is 26.3 Å². The number of ether oxygens (including phenoxy) is 2. The first kappa shape index (κ1) is 22.7. The normalized spacial score (nSPS) is 18.1. The second kappa shape index (κ2) is 8.64. The first-order valence-corrected chi connectivity index (χ1v) is 10.9. The van der Waals surface area contributed by atoms with Crippen molar-refractivity contribution in [1.29, 1.82) is 0 Å². The van der Waals surface area contributed by atoms with Gasteiger partial charge in [-0.25, -0.2) is 0 Å². The average Bonchev–Trinajstić information content (AvgIpc) is 2.72. The molecule has 30 heavy (non-hydrogen) atoms. The van der Waals surface area contributed by atoms with Crippen LogP contribution < -0.4 is 0 Å². The molecule has 1 atom stereocenters. The SMILES string of the molecule is COC(OC)C(CC(=O)c1ccc2c(c1)C(C)(C)CCC2(C)C)c1ccc(C)cc1. The van der Waals surface area contributed by atoms with Crippen LogP contribution in [0.25, 0.3) is 0 Å². The molecule has 0 aliphatic heterocycles. The molecule has 1 aliphatic rings. The number of hydrogen-bond donors (Lipinski definition) is 0. The van der Waals surface area contributed by atoms with Gasteiger partial charge in [0.25, 0.3) is 0 Å². The zero-order valence-electron chi connectivity index (χ0n) is 19.5. The maximum absolute atomic E-state index is 13.4.